The second-order valence-corrected chi connectivity index (χ2v) is 11.8. The lowest BCUT2D eigenvalue weighted by Gasteiger charge is -2.30. The summed E-state index contributed by atoms with van der Waals surface area (Å²) in [4.78, 5) is 20.1. The van der Waals surface area contributed by atoms with Crippen LogP contribution in [0.2, 0.25) is 5.02 Å². The zero-order chi connectivity index (χ0) is 31.2. The normalized spacial score (nSPS) is 15.7. The molecule has 3 N–H and O–H groups in total. The van der Waals surface area contributed by atoms with E-state index in [2.05, 4.69) is 39.0 Å². The molecule has 2 fully saturated rings. The van der Waals surface area contributed by atoms with Crippen molar-refractivity contribution in [3.8, 4) is 23.3 Å². The highest BCUT2D eigenvalue weighted by molar-refractivity contribution is 6.32. The maximum absolute atomic E-state index is 13.2. The van der Waals surface area contributed by atoms with Crippen LogP contribution < -0.4 is 25.4 Å². The molecular formula is C35H35ClN6O3. The molecule has 45 heavy (non-hydrogen) atoms. The Morgan fingerprint density at radius 2 is 1.87 bits per heavy atom. The van der Waals surface area contributed by atoms with Crippen LogP contribution in [0.1, 0.15) is 31.2 Å². The van der Waals surface area contributed by atoms with Gasteiger partial charge in [-0.05, 0) is 82.2 Å². The summed E-state index contributed by atoms with van der Waals surface area (Å²) in [6.45, 7) is 3.60. The van der Waals surface area contributed by atoms with Crippen molar-refractivity contribution >= 4 is 45.5 Å². The van der Waals surface area contributed by atoms with E-state index in [9.17, 15) is 10.1 Å². The predicted octanol–water partition coefficient (Wildman–Crippen LogP) is 7.02. The lowest BCUT2D eigenvalue weighted by molar-refractivity contribution is -0.112. The molecule has 4 aromatic rings. The number of nitrogens with one attached hydrogen (secondary N) is 3. The molecule has 3 heterocycles. The Balaban J connectivity index is 1.34. The van der Waals surface area contributed by atoms with Gasteiger partial charge in [0.2, 0.25) is 5.91 Å². The molecule has 0 saturated carbocycles. The molecule has 9 nitrogen and oxygen atoms in total. The number of fused-ring (bicyclic) bond motifs is 1. The van der Waals surface area contributed by atoms with Gasteiger partial charge in [-0.25, -0.2) is 0 Å². The number of carbonyl (C=O) groups excluding carboxylic acids is 1. The minimum atomic E-state index is -0.209. The summed E-state index contributed by atoms with van der Waals surface area (Å²) < 4.78 is 12.4. The van der Waals surface area contributed by atoms with Gasteiger partial charge >= 0.3 is 0 Å². The van der Waals surface area contributed by atoms with Gasteiger partial charge in [0.1, 0.15) is 29.4 Å². The van der Waals surface area contributed by atoms with Gasteiger partial charge in [-0.2, -0.15) is 5.26 Å². The minimum Gasteiger partial charge on any atom is -0.488 e. The van der Waals surface area contributed by atoms with E-state index >= 15 is 0 Å². The lowest BCUT2D eigenvalue weighted by atomic mass is 10.0. The van der Waals surface area contributed by atoms with Crippen LogP contribution in [0.25, 0.3) is 10.9 Å². The molecule has 1 aromatic heterocycles. The number of carbonyl (C=O) groups is 1. The SMILES string of the molecule is CN1CCC(Oc2cc3ncc(C#N)c(Nc4ccc(Oc5ccccc5)c(Cl)c4)c3cc2NC(=O)C=C2CCNCC2)CC1. The van der Waals surface area contributed by atoms with E-state index in [4.69, 9.17) is 21.1 Å². The van der Waals surface area contributed by atoms with Gasteiger partial charge in [-0.1, -0.05) is 35.4 Å². The Labute approximate surface area is 267 Å². The van der Waals surface area contributed by atoms with Crippen LogP contribution in [-0.2, 0) is 4.79 Å². The standard InChI is InChI=1S/C35H35ClN6O3/c1-42-15-11-27(12-16-42)45-33-20-30-28(19-31(33)41-34(43)17-23-9-13-38-14-10-23)35(24(21-37)22-39-30)40-25-7-8-32(29(36)18-25)44-26-5-3-2-4-6-26/h2-8,17-20,22,27,38H,9-16H2,1H3,(H,39,40)(H,41,43). The number of ether oxygens (including phenoxy) is 2. The minimum absolute atomic E-state index is 0.0202. The van der Waals surface area contributed by atoms with E-state index in [1.165, 1.54) is 6.20 Å². The molecule has 2 aliphatic rings. The number of halogens is 1. The number of likely N-dealkylation sites (tertiary alicyclic amines) is 1. The smallest absolute Gasteiger partial charge is 0.248 e. The third-order valence-electron chi connectivity index (χ3n) is 8.06. The zero-order valence-corrected chi connectivity index (χ0v) is 25.9. The highest BCUT2D eigenvalue weighted by atomic mass is 35.5. The molecule has 0 spiro atoms. The van der Waals surface area contributed by atoms with Crippen molar-refractivity contribution in [2.75, 3.05) is 43.9 Å². The average Bonchev–Trinajstić information content (AvgIpc) is 3.05. The molecule has 0 bridgehead atoms. The van der Waals surface area contributed by atoms with Crippen molar-refractivity contribution in [2.24, 2.45) is 0 Å². The van der Waals surface area contributed by atoms with Crippen LogP contribution in [0.5, 0.6) is 17.2 Å². The first-order valence-electron chi connectivity index (χ1n) is 15.2. The molecular weight excluding hydrogens is 588 g/mol. The van der Waals surface area contributed by atoms with E-state index in [1.807, 2.05) is 48.5 Å². The number of para-hydroxylation sites is 1. The summed E-state index contributed by atoms with van der Waals surface area (Å²) in [6.07, 6.45) is 6.70. The number of amides is 1. The van der Waals surface area contributed by atoms with Crippen molar-refractivity contribution in [1.82, 2.24) is 15.2 Å². The van der Waals surface area contributed by atoms with Gasteiger partial charge in [0.15, 0.2) is 0 Å². The number of benzene rings is 3. The number of hydrogen-bond acceptors (Lipinski definition) is 8. The Morgan fingerprint density at radius 1 is 1.09 bits per heavy atom. The summed E-state index contributed by atoms with van der Waals surface area (Å²) in [5.74, 6) is 1.54. The third kappa shape index (κ3) is 7.55. The van der Waals surface area contributed by atoms with Crippen LogP contribution in [0.4, 0.5) is 17.1 Å². The van der Waals surface area contributed by atoms with Gasteiger partial charge in [0.05, 0.1) is 27.5 Å². The number of piperidine rings is 2. The summed E-state index contributed by atoms with van der Waals surface area (Å²) in [6, 6.07) is 20.7. The Morgan fingerprint density at radius 3 is 2.60 bits per heavy atom. The third-order valence-corrected chi connectivity index (χ3v) is 8.36. The number of anilines is 3. The van der Waals surface area contributed by atoms with Crippen molar-refractivity contribution in [2.45, 2.75) is 31.8 Å². The average molecular weight is 623 g/mol. The van der Waals surface area contributed by atoms with Crippen molar-refractivity contribution in [3.05, 3.63) is 89.1 Å². The molecule has 10 heteroatoms. The predicted molar refractivity (Wildman–Crippen MR) is 178 cm³/mol. The molecule has 0 unspecified atom stereocenters. The van der Waals surface area contributed by atoms with E-state index in [1.54, 1.807) is 18.2 Å². The Bertz CT molecular complexity index is 1760. The van der Waals surface area contributed by atoms with Gasteiger partial charge < -0.3 is 30.3 Å². The van der Waals surface area contributed by atoms with Crippen LogP contribution in [-0.4, -0.2) is 55.1 Å². The second kappa shape index (κ2) is 14.0. The number of hydrogen-bond donors (Lipinski definition) is 3. The van der Waals surface area contributed by atoms with Gasteiger partial charge in [0, 0.05) is 42.5 Å². The van der Waals surface area contributed by atoms with Gasteiger partial charge in [-0.3, -0.25) is 9.78 Å². The Hall–Kier alpha value is -4.62. The summed E-state index contributed by atoms with van der Waals surface area (Å²) in [5, 5.41) is 20.9. The fraction of sp³-hybridized carbons (Fsp3) is 0.286. The van der Waals surface area contributed by atoms with E-state index in [0.717, 1.165) is 57.4 Å². The first kappa shape index (κ1) is 30.4. The maximum Gasteiger partial charge on any atom is 0.248 e. The molecule has 6 rings (SSSR count). The first-order valence-corrected chi connectivity index (χ1v) is 15.6. The molecule has 230 valence electrons. The second-order valence-electron chi connectivity index (χ2n) is 11.4. The molecule has 2 saturated heterocycles. The molecule has 0 radical (unpaired) electrons. The highest BCUT2D eigenvalue weighted by Gasteiger charge is 2.22. The van der Waals surface area contributed by atoms with Crippen molar-refractivity contribution in [3.63, 3.8) is 0 Å². The van der Waals surface area contributed by atoms with E-state index < -0.39 is 0 Å². The Kier molecular flexibility index (Phi) is 9.46. The van der Waals surface area contributed by atoms with Gasteiger partial charge in [0.25, 0.3) is 0 Å². The fourth-order valence-corrected chi connectivity index (χ4v) is 5.80. The number of nitrogens with zero attached hydrogens (tertiary/aromatic N) is 3. The van der Waals surface area contributed by atoms with Crippen LogP contribution in [0.3, 0.4) is 0 Å². The molecule has 3 aromatic carbocycles. The number of rotatable bonds is 8. The van der Waals surface area contributed by atoms with Crippen LogP contribution in [0.15, 0.2) is 78.5 Å². The number of pyridine rings is 1. The summed E-state index contributed by atoms with van der Waals surface area (Å²) >= 11 is 6.60. The quantitative estimate of drug-likeness (QED) is 0.180. The monoisotopic (exact) mass is 622 g/mol. The molecule has 2 aliphatic heterocycles. The maximum atomic E-state index is 13.2. The molecule has 0 aliphatic carbocycles. The summed E-state index contributed by atoms with van der Waals surface area (Å²) in [7, 11) is 2.11. The van der Waals surface area contributed by atoms with Crippen molar-refractivity contribution in [1.29, 1.82) is 5.26 Å². The molecule has 1 amide bonds. The first-order chi connectivity index (χ1) is 21.9. The fourth-order valence-electron chi connectivity index (χ4n) is 5.58. The van der Waals surface area contributed by atoms with Gasteiger partial charge in [-0.15, -0.1) is 0 Å². The number of nitriles is 1. The number of aromatic nitrogens is 1. The topological polar surface area (TPSA) is 112 Å². The highest BCUT2D eigenvalue weighted by Crippen LogP contribution is 2.39. The summed E-state index contributed by atoms with van der Waals surface area (Å²) in [5.41, 5.74) is 3.83. The lowest BCUT2D eigenvalue weighted by Crippen LogP contribution is -2.35. The zero-order valence-electron chi connectivity index (χ0n) is 25.1. The largest absolute Gasteiger partial charge is 0.488 e. The van der Waals surface area contributed by atoms with Crippen LogP contribution in [0, 0.1) is 11.3 Å². The van der Waals surface area contributed by atoms with Crippen LogP contribution >= 0.6 is 11.6 Å². The molecule has 0 atom stereocenters. The van der Waals surface area contributed by atoms with E-state index in [0.29, 0.717) is 55.8 Å². The van der Waals surface area contributed by atoms with Crippen molar-refractivity contribution < 1.29 is 14.3 Å². The van der Waals surface area contributed by atoms with E-state index in [-0.39, 0.29) is 12.0 Å².